The van der Waals surface area contributed by atoms with Crippen molar-refractivity contribution in [2.24, 2.45) is 13.0 Å². The first-order valence-corrected chi connectivity index (χ1v) is 9.90. The van der Waals surface area contributed by atoms with Crippen LogP contribution in [0.3, 0.4) is 0 Å². The van der Waals surface area contributed by atoms with Crippen LogP contribution in [0.2, 0.25) is 0 Å². The third-order valence-electron chi connectivity index (χ3n) is 5.97. The summed E-state index contributed by atoms with van der Waals surface area (Å²) in [5.41, 5.74) is 2.37. The largest absolute Gasteiger partial charge is 0.369 e. The summed E-state index contributed by atoms with van der Waals surface area (Å²) in [5, 5.41) is 5.90. The van der Waals surface area contributed by atoms with Gasteiger partial charge in [0, 0.05) is 44.8 Å². The number of fused-ring (bicyclic) bond motifs is 1. The molecule has 0 aliphatic carbocycles. The van der Waals surface area contributed by atoms with Gasteiger partial charge in [0.15, 0.2) is 0 Å². The minimum atomic E-state index is -0.649. The zero-order chi connectivity index (χ0) is 20.0. The molecule has 4 rings (SSSR count). The molecule has 0 spiro atoms. The van der Waals surface area contributed by atoms with E-state index in [2.05, 4.69) is 29.4 Å². The molecule has 1 aromatic carbocycles. The van der Waals surface area contributed by atoms with E-state index in [1.807, 2.05) is 18.2 Å². The highest BCUT2D eigenvalue weighted by Crippen LogP contribution is 2.27. The van der Waals surface area contributed by atoms with Crippen LogP contribution in [0.5, 0.6) is 0 Å². The number of piperazine rings is 1. The van der Waals surface area contributed by atoms with Gasteiger partial charge in [-0.15, -0.1) is 0 Å². The van der Waals surface area contributed by atoms with Crippen molar-refractivity contribution in [1.82, 2.24) is 19.8 Å². The Kier molecular flexibility index (Phi) is 4.74. The third kappa shape index (κ3) is 3.11. The molecule has 0 saturated carbocycles. The predicted octanol–water partition coefficient (Wildman–Crippen LogP) is 0.752. The van der Waals surface area contributed by atoms with Crippen molar-refractivity contribution in [2.75, 3.05) is 24.5 Å². The molecule has 1 aromatic heterocycles. The monoisotopic (exact) mass is 385 g/mol. The summed E-state index contributed by atoms with van der Waals surface area (Å²) in [6, 6.07) is 5.75. The Labute approximate surface area is 163 Å². The molecule has 3 heterocycles. The van der Waals surface area contributed by atoms with Gasteiger partial charge in [-0.1, -0.05) is 13.8 Å². The van der Waals surface area contributed by atoms with Gasteiger partial charge in [0.05, 0.1) is 11.0 Å². The van der Waals surface area contributed by atoms with Crippen molar-refractivity contribution in [3.63, 3.8) is 0 Å². The van der Waals surface area contributed by atoms with Crippen LogP contribution < -0.4 is 21.2 Å². The number of hydrogen-bond acceptors (Lipinski definition) is 5. The van der Waals surface area contributed by atoms with E-state index in [-0.39, 0.29) is 18.0 Å². The van der Waals surface area contributed by atoms with Crippen LogP contribution in [0, 0.1) is 5.92 Å². The van der Waals surface area contributed by atoms with Gasteiger partial charge < -0.3 is 10.2 Å². The molecule has 2 aromatic rings. The second-order valence-corrected chi connectivity index (χ2v) is 8.10. The number of imide groups is 1. The highest BCUT2D eigenvalue weighted by molar-refractivity contribution is 6.00. The second kappa shape index (κ2) is 7.09. The normalized spacial score (nSPS) is 23.5. The lowest BCUT2D eigenvalue weighted by atomic mass is 10.0. The van der Waals surface area contributed by atoms with Crippen molar-refractivity contribution in [3.8, 4) is 0 Å². The lowest BCUT2D eigenvalue weighted by molar-refractivity contribution is -0.135. The quantitative estimate of drug-likeness (QED) is 0.762. The van der Waals surface area contributed by atoms with E-state index in [9.17, 15) is 14.4 Å². The molecule has 2 aliphatic rings. The number of amides is 2. The molecule has 0 bridgehead atoms. The number of nitrogens with zero attached hydrogens (tertiary/aromatic N) is 3. The van der Waals surface area contributed by atoms with Crippen LogP contribution in [0.15, 0.2) is 23.0 Å². The van der Waals surface area contributed by atoms with E-state index in [4.69, 9.17) is 0 Å². The van der Waals surface area contributed by atoms with Gasteiger partial charge in [-0.3, -0.25) is 24.0 Å². The van der Waals surface area contributed by atoms with Crippen molar-refractivity contribution in [1.29, 1.82) is 0 Å². The smallest absolute Gasteiger partial charge is 0.329 e. The summed E-state index contributed by atoms with van der Waals surface area (Å²) in [6.45, 7) is 7.20. The molecule has 8 nitrogen and oxygen atoms in total. The summed E-state index contributed by atoms with van der Waals surface area (Å²) in [6.07, 6.45) is 0.591. The minimum absolute atomic E-state index is 0.234. The average Bonchev–Trinajstić information content (AvgIpc) is 2.92. The molecule has 1 unspecified atom stereocenters. The number of imidazole rings is 1. The maximum atomic E-state index is 12.9. The summed E-state index contributed by atoms with van der Waals surface area (Å²) < 4.78 is 3.11. The van der Waals surface area contributed by atoms with E-state index >= 15 is 0 Å². The number of carbonyl (C=O) groups excluding carboxylic acids is 2. The minimum Gasteiger partial charge on any atom is -0.369 e. The number of aryl methyl sites for hydroxylation is 1. The number of rotatable bonds is 3. The van der Waals surface area contributed by atoms with E-state index in [0.29, 0.717) is 18.4 Å². The maximum Gasteiger partial charge on any atom is 0.329 e. The van der Waals surface area contributed by atoms with Gasteiger partial charge in [-0.25, -0.2) is 4.79 Å². The first kappa shape index (κ1) is 18.7. The molecule has 2 atom stereocenters. The number of benzene rings is 1. The molecule has 2 N–H and O–H groups in total. The van der Waals surface area contributed by atoms with Gasteiger partial charge in [0.25, 0.3) is 0 Å². The highest BCUT2D eigenvalue weighted by atomic mass is 16.2. The number of carbonyl (C=O) groups is 2. The molecule has 8 heteroatoms. The molecule has 2 saturated heterocycles. The fraction of sp³-hybridized carbons (Fsp3) is 0.550. The summed E-state index contributed by atoms with van der Waals surface area (Å²) in [4.78, 5) is 39.0. The second-order valence-electron chi connectivity index (χ2n) is 8.10. The van der Waals surface area contributed by atoms with Crippen LogP contribution in [0.25, 0.3) is 11.0 Å². The Morgan fingerprint density at radius 2 is 1.93 bits per heavy atom. The fourth-order valence-electron chi connectivity index (χ4n) is 4.24. The Hall–Kier alpha value is -2.61. The summed E-state index contributed by atoms with van der Waals surface area (Å²) in [5.74, 6) is -0.142. The molecule has 150 valence electrons. The standard InChI is InChI=1S/C20H27N5O3/c1-12(2)14-11-24(9-8-21-14)13-4-5-15-17(10-13)23(3)20(28)25(15)16-6-7-18(26)22-19(16)27/h4-5,10,12,14,16,21H,6-9,11H2,1-3H3,(H,22,26,27)/t14-,16?/m0/s1. The van der Waals surface area contributed by atoms with Gasteiger partial charge >= 0.3 is 5.69 Å². The molecular weight excluding hydrogens is 358 g/mol. The van der Waals surface area contributed by atoms with Gasteiger partial charge in [-0.2, -0.15) is 0 Å². The van der Waals surface area contributed by atoms with Crippen molar-refractivity contribution in [3.05, 3.63) is 28.7 Å². The molecule has 28 heavy (non-hydrogen) atoms. The highest BCUT2D eigenvalue weighted by Gasteiger charge is 2.31. The number of aromatic nitrogens is 2. The number of piperidine rings is 1. The number of hydrogen-bond donors (Lipinski definition) is 2. The fourth-order valence-corrected chi connectivity index (χ4v) is 4.24. The molecule has 2 aliphatic heterocycles. The van der Waals surface area contributed by atoms with E-state index < -0.39 is 11.9 Å². The predicted molar refractivity (Wildman–Crippen MR) is 107 cm³/mol. The van der Waals surface area contributed by atoms with Gasteiger partial charge in [0.2, 0.25) is 11.8 Å². The van der Waals surface area contributed by atoms with Crippen molar-refractivity contribution < 1.29 is 9.59 Å². The van der Waals surface area contributed by atoms with Crippen molar-refractivity contribution in [2.45, 2.75) is 38.8 Å². The summed E-state index contributed by atoms with van der Waals surface area (Å²) >= 11 is 0. The van der Waals surface area contributed by atoms with Crippen molar-refractivity contribution >= 4 is 28.5 Å². The first-order chi connectivity index (χ1) is 13.4. The Morgan fingerprint density at radius 1 is 1.14 bits per heavy atom. The lowest BCUT2D eigenvalue weighted by Crippen LogP contribution is -2.53. The zero-order valence-corrected chi connectivity index (χ0v) is 16.6. The van der Waals surface area contributed by atoms with Crippen LogP contribution in [0.1, 0.15) is 32.7 Å². The third-order valence-corrected chi connectivity index (χ3v) is 5.97. The van der Waals surface area contributed by atoms with Gasteiger partial charge in [0.1, 0.15) is 6.04 Å². The first-order valence-electron chi connectivity index (χ1n) is 9.90. The number of anilines is 1. The molecular formula is C20H27N5O3. The van der Waals surface area contributed by atoms with E-state index in [0.717, 1.165) is 36.4 Å². The van der Waals surface area contributed by atoms with Crippen LogP contribution in [-0.2, 0) is 16.6 Å². The topological polar surface area (TPSA) is 88.4 Å². The SMILES string of the molecule is CC(C)[C@@H]1CN(c2ccc3c(c2)n(C)c(=O)n3C2CCC(=O)NC2=O)CCN1. The van der Waals surface area contributed by atoms with Crippen LogP contribution in [-0.4, -0.2) is 46.6 Å². The van der Waals surface area contributed by atoms with E-state index in [1.165, 1.54) is 4.57 Å². The molecule has 0 radical (unpaired) electrons. The Morgan fingerprint density at radius 3 is 2.64 bits per heavy atom. The Bertz CT molecular complexity index is 990. The average molecular weight is 385 g/mol. The Balaban J connectivity index is 1.72. The maximum absolute atomic E-state index is 12.9. The van der Waals surface area contributed by atoms with Gasteiger partial charge in [-0.05, 0) is 30.5 Å². The van der Waals surface area contributed by atoms with Crippen LogP contribution >= 0.6 is 0 Å². The van der Waals surface area contributed by atoms with E-state index in [1.54, 1.807) is 11.6 Å². The molecule has 2 amide bonds. The molecule has 2 fully saturated rings. The zero-order valence-electron chi connectivity index (χ0n) is 16.6. The lowest BCUT2D eigenvalue weighted by Gasteiger charge is -2.37. The number of nitrogens with one attached hydrogen (secondary N) is 2. The summed E-state index contributed by atoms with van der Waals surface area (Å²) in [7, 11) is 1.73. The van der Waals surface area contributed by atoms with Crippen LogP contribution in [0.4, 0.5) is 5.69 Å².